The molecular weight excluding hydrogens is 363 g/mol. The van der Waals surface area contributed by atoms with E-state index in [-0.39, 0.29) is 25.0 Å². The number of aliphatic hydroxyl groups is 2. The van der Waals surface area contributed by atoms with Gasteiger partial charge in [-0.3, -0.25) is 0 Å². The number of allylic oxidation sites excluding steroid dienone is 1. The van der Waals surface area contributed by atoms with Crippen molar-refractivity contribution in [1.29, 1.82) is 0 Å². The van der Waals surface area contributed by atoms with E-state index in [9.17, 15) is 10.2 Å². The van der Waals surface area contributed by atoms with Gasteiger partial charge in [-0.25, -0.2) is 0 Å². The van der Waals surface area contributed by atoms with Gasteiger partial charge in [-0.15, -0.1) is 0 Å². The number of hydrogen-bond acceptors (Lipinski definition) is 2. The van der Waals surface area contributed by atoms with Crippen molar-refractivity contribution in [3.05, 3.63) is 11.6 Å². The van der Waals surface area contributed by atoms with Gasteiger partial charge in [-0.05, 0) is 112 Å². The second kappa shape index (κ2) is 8.89. The fraction of sp³-hybridized carbons (Fsp3) is 0.926. The van der Waals surface area contributed by atoms with Gasteiger partial charge in [-0.1, -0.05) is 45.3 Å². The first-order chi connectivity index (χ1) is 13.5. The molecule has 30 heavy (non-hydrogen) atoms. The van der Waals surface area contributed by atoms with Crippen LogP contribution in [-0.4, -0.2) is 40.8 Å². The molecule has 0 heterocycles. The molecule has 0 aromatic rings. The minimum atomic E-state index is -0.519. The number of rotatable bonds is 5. The van der Waals surface area contributed by atoms with E-state index >= 15 is 0 Å². The molecule has 168 valence electrons. The molecule has 3 fully saturated rings. The Kier molecular flexibility index (Phi) is 7.38. The predicted octanol–water partition coefficient (Wildman–Crippen LogP) is 5.86. The molecule has 0 radical (unpaired) electrons. The summed E-state index contributed by atoms with van der Waals surface area (Å²) in [6, 6.07) is 0. The van der Waals surface area contributed by atoms with Crippen molar-refractivity contribution in [3.8, 4) is 0 Å². The van der Waals surface area contributed by atoms with Crippen molar-refractivity contribution >= 4 is 18.9 Å². The zero-order chi connectivity index (χ0) is 21.0. The topological polar surface area (TPSA) is 40.5 Å². The average molecular weight is 411 g/mol. The molecule has 3 heteroatoms. The molecule has 2 nitrogen and oxygen atoms in total. The Morgan fingerprint density at radius 1 is 1.10 bits per heavy atom. The van der Waals surface area contributed by atoms with E-state index in [1.807, 2.05) is 13.8 Å². The number of hydrogen-bond donors (Lipinski definition) is 2. The Morgan fingerprint density at radius 3 is 2.53 bits per heavy atom. The van der Waals surface area contributed by atoms with Gasteiger partial charge in [-0.2, -0.15) is 0 Å². The summed E-state index contributed by atoms with van der Waals surface area (Å²) in [6.07, 6.45) is 15.9. The van der Waals surface area contributed by atoms with Crippen LogP contribution in [-0.2, 0) is 0 Å². The molecule has 4 aliphatic carbocycles. The van der Waals surface area contributed by atoms with Crippen LogP contribution in [0.15, 0.2) is 11.6 Å². The standard InChI is InChI=1S/C27H46O2.Li.H/c1-18(7-6-14-25(2,3)29)22-10-11-23-21-9-8-19-17-20(28)12-15-26(19,4)24(21)13-16-27(22,23)5;;/h8,18,20-24,28-29H,6-7,9-17H2,1-5H3;;/t18-,20+,21+,22-,23+,24+,26+,27-;;/m1../s1. The van der Waals surface area contributed by atoms with Crippen molar-refractivity contribution < 1.29 is 10.2 Å². The summed E-state index contributed by atoms with van der Waals surface area (Å²) in [4.78, 5) is 0. The van der Waals surface area contributed by atoms with Crippen molar-refractivity contribution in [2.24, 2.45) is 40.4 Å². The molecule has 0 unspecified atom stereocenters. The van der Waals surface area contributed by atoms with Crippen LogP contribution in [0.4, 0.5) is 0 Å². The molecule has 0 saturated heterocycles. The summed E-state index contributed by atoms with van der Waals surface area (Å²) >= 11 is 0. The number of aliphatic hydroxyl groups excluding tert-OH is 1. The normalized spacial score (nSPS) is 44.2. The summed E-state index contributed by atoms with van der Waals surface area (Å²) in [7, 11) is 0. The average Bonchev–Trinajstić information content (AvgIpc) is 2.98. The molecule has 2 N–H and O–H groups in total. The molecule has 0 aromatic heterocycles. The third kappa shape index (κ3) is 4.38. The molecule has 4 rings (SSSR count). The molecule has 0 aromatic carbocycles. The van der Waals surface area contributed by atoms with Gasteiger partial charge in [0.2, 0.25) is 0 Å². The van der Waals surface area contributed by atoms with Crippen LogP contribution in [0.1, 0.15) is 105 Å². The Bertz CT molecular complexity index is 637. The van der Waals surface area contributed by atoms with E-state index in [4.69, 9.17) is 0 Å². The minimum absolute atomic E-state index is 0. The zero-order valence-corrected chi connectivity index (χ0v) is 19.7. The summed E-state index contributed by atoms with van der Waals surface area (Å²) < 4.78 is 0. The molecular formula is C27H47LiO2. The Balaban J connectivity index is 0.00000256. The summed E-state index contributed by atoms with van der Waals surface area (Å²) in [5.41, 5.74) is 1.95. The first-order valence-corrected chi connectivity index (χ1v) is 12.6. The van der Waals surface area contributed by atoms with Gasteiger partial charge in [0.05, 0.1) is 11.7 Å². The van der Waals surface area contributed by atoms with Gasteiger partial charge < -0.3 is 10.2 Å². The van der Waals surface area contributed by atoms with Crippen molar-refractivity contribution in [2.75, 3.05) is 0 Å². The van der Waals surface area contributed by atoms with Gasteiger partial charge in [0.1, 0.15) is 0 Å². The van der Waals surface area contributed by atoms with Crippen LogP contribution in [0.5, 0.6) is 0 Å². The van der Waals surface area contributed by atoms with E-state index in [0.717, 1.165) is 55.3 Å². The first-order valence-electron chi connectivity index (χ1n) is 12.6. The molecule has 0 aliphatic heterocycles. The molecule has 8 atom stereocenters. The van der Waals surface area contributed by atoms with E-state index in [1.165, 1.54) is 44.9 Å². The van der Waals surface area contributed by atoms with Crippen LogP contribution in [0, 0.1) is 40.4 Å². The van der Waals surface area contributed by atoms with Crippen LogP contribution < -0.4 is 0 Å². The predicted molar refractivity (Wildman–Crippen MR) is 128 cm³/mol. The molecule has 0 amide bonds. The van der Waals surface area contributed by atoms with E-state index in [1.54, 1.807) is 5.57 Å². The Hall–Kier alpha value is 0.257. The second-order valence-electron chi connectivity index (χ2n) is 12.6. The summed E-state index contributed by atoms with van der Waals surface area (Å²) in [5.74, 6) is 4.24. The zero-order valence-electron chi connectivity index (χ0n) is 19.7. The molecule has 4 aliphatic rings. The quantitative estimate of drug-likeness (QED) is 0.440. The van der Waals surface area contributed by atoms with Gasteiger partial charge in [0.15, 0.2) is 0 Å². The van der Waals surface area contributed by atoms with Gasteiger partial charge >= 0.3 is 18.9 Å². The third-order valence-electron chi connectivity index (χ3n) is 10.3. The van der Waals surface area contributed by atoms with Crippen molar-refractivity contribution in [3.63, 3.8) is 0 Å². The Morgan fingerprint density at radius 2 is 1.83 bits per heavy atom. The van der Waals surface area contributed by atoms with E-state index in [0.29, 0.717) is 10.8 Å². The van der Waals surface area contributed by atoms with Crippen LogP contribution in [0.3, 0.4) is 0 Å². The van der Waals surface area contributed by atoms with Crippen molar-refractivity contribution in [2.45, 2.75) is 117 Å². The SMILES string of the molecule is C[C@H](CCCC(C)(C)O)[C@H]1CC[C@H]2[C@@H]3CC=C4C[C@@H](O)CC[C@]4(C)[C@H]3CC[C@]12C.[LiH]. The van der Waals surface area contributed by atoms with E-state index < -0.39 is 5.60 Å². The fourth-order valence-electron chi connectivity index (χ4n) is 8.67. The molecule has 0 bridgehead atoms. The first kappa shape index (κ1) is 24.9. The van der Waals surface area contributed by atoms with Crippen LogP contribution in [0.25, 0.3) is 0 Å². The van der Waals surface area contributed by atoms with E-state index in [2.05, 4.69) is 26.8 Å². The molecule has 3 saturated carbocycles. The van der Waals surface area contributed by atoms with Crippen molar-refractivity contribution in [1.82, 2.24) is 0 Å². The van der Waals surface area contributed by atoms with Crippen LogP contribution >= 0.6 is 0 Å². The van der Waals surface area contributed by atoms with Crippen LogP contribution in [0.2, 0.25) is 0 Å². The Labute approximate surface area is 197 Å². The summed E-state index contributed by atoms with van der Waals surface area (Å²) in [5, 5.41) is 20.3. The summed E-state index contributed by atoms with van der Waals surface area (Å²) in [6.45, 7) is 11.6. The maximum absolute atomic E-state index is 10.2. The maximum atomic E-state index is 10.2. The second-order valence-corrected chi connectivity index (χ2v) is 12.6. The van der Waals surface area contributed by atoms with Gasteiger partial charge in [0.25, 0.3) is 0 Å². The fourth-order valence-corrected chi connectivity index (χ4v) is 8.67. The number of fused-ring (bicyclic) bond motifs is 5. The molecule has 0 spiro atoms. The monoisotopic (exact) mass is 410 g/mol. The van der Waals surface area contributed by atoms with Gasteiger partial charge in [0, 0.05) is 0 Å². The third-order valence-corrected chi connectivity index (χ3v) is 10.3.